The van der Waals surface area contributed by atoms with Gasteiger partial charge in [-0.25, -0.2) is 28.0 Å². The lowest BCUT2D eigenvalue weighted by Crippen LogP contribution is -2.28. The van der Waals surface area contributed by atoms with Crippen molar-refractivity contribution in [3.63, 3.8) is 0 Å². The third kappa shape index (κ3) is 8.01. The first kappa shape index (κ1) is 30.1. The van der Waals surface area contributed by atoms with Crippen molar-refractivity contribution in [2.24, 2.45) is 0 Å². The van der Waals surface area contributed by atoms with Gasteiger partial charge in [-0.05, 0) is 31.2 Å². The van der Waals surface area contributed by atoms with E-state index in [2.05, 4.69) is 35.0 Å². The molecule has 40 heavy (non-hydrogen) atoms. The SMILES string of the molecule is CCS(=O)(=O)Nc1ncccc1CNc1nc(Nc2cccc(C(=O)OC(=O)C(F)(F)F)c2)ncc1C(F)(F)F. The van der Waals surface area contributed by atoms with Crippen LogP contribution in [0.25, 0.3) is 0 Å². The van der Waals surface area contributed by atoms with Gasteiger partial charge in [-0.3, -0.25) is 4.72 Å². The van der Waals surface area contributed by atoms with E-state index in [1.807, 2.05) is 0 Å². The van der Waals surface area contributed by atoms with E-state index in [4.69, 9.17) is 0 Å². The molecule has 0 bridgehead atoms. The quantitative estimate of drug-likeness (QED) is 0.187. The van der Waals surface area contributed by atoms with Gasteiger partial charge >= 0.3 is 24.3 Å². The van der Waals surface area contributed by atoms with Gasteiger partial charge in [0, 0.05) is 30.2 Å². The molecule has 0 atom stereocenters. The van der Waals surface area contributed by atoms with E-state index in [1.165, 1.54) is 37.4 Å². The molecule has 0 saturated heterocycles. The number of carbonyl (C=O) groups is 2. The van der Waals surface area contributed by atoms with Gasteiger partial charge < -0.3 is 15.4 Å². The highest BCUT2D eigenvalue weighted by Gasteiger charge is 2.42. The predicted molar refractivity (Wildman–Crippen MR) is 128 cm³/mol. The molecule has 0 aliphatic heterocycles. The summed E-state index contributed by atoms with van der Waals surface area (Å²) in [5, 5.41) is 4.97. The van der Waals surface area contributed by atoms with Crippen LogP contribution >= 0.6 is 0 Å². The molecule has 3 aromatic rings. The highest BCUT2D eigenvalue weighted by atomic mass is 32.2. The van der Waals surface area contributed by atoms with Crippen molar-refractivity contribution >= 4 is 45.2 Å². The molecule has 0 unspecified atom stereocenters. The van der Waals surface area contributed by atoms with Crippen LogP contribution < -0.4 is 15.4 Å². The summed E-state index contributed by atoms with van der Waals surface area (Å²) in [4.78, 5) is 34.1. The number of anilines is 4. The number of alkyl halides is 6. The van der Waals surface area contributed by atoms with Gasteiger partial charge in [-0.1, -0.05) is 12.1 Å². The van der Waals surface area contributed by atoms with Gasteiger partial charge in [0.1, 0.15) is 17.2 Å². The van der Waals surface area contributed by atoms with Crippen LogP contribution in [0.2, 0.25) is 0 Å². The smallest absolute Gasteiger partial charge is 0.383 e. The number of halogens is 6. The molecule has 2 aromatic heterocycles. The van der Waals surface area contributed by atoms with E-state index < -0.39 is 57.2 Å². The summed E-state index contributed by atoms with van der Waals surface area (Å²) in [5.74, 6) is -5.84. The number of esters is 2. The second-order valence-corrected chi connectivity index (χ2v) is 9.72. The molecule has 0 amide bonds. The molecule has 0 aliphatic rings. The van der Waals surface area contributed by atoms with Crippen LogP contribution in [0.3, 0.4) is 0 Å². The van der Waals surface area contributed by atoms with E-state index in [-0.39, 0.29) is 29.4 Å². The number of hydrogen-bond acceptors (Lipinski definition) is 10. The fourth-order valence-corrected chi connectivity index (χ4v) is 3.53. The topological polar surface area (TPSA) is 152 Å². The number of nitrogens with one attached hydrogen (secondary N) is 3. The molecular formula is C22H18F6N6O5S. The maximum absolute atomic E-state index is 13.6. The summed E-state index contributed by atoms with van der Waals surface area (Å²) in [5.41, 5.74) is -1.59. The highest BCUT2D eigenvalue weighted by molar-refractivity contribution is 7.92. The van der Waals surface area contributed by atoms with E-state index in [0.717, 1.165) is 12.1 Å². The van der Waals surface area contributed by atoms with E-state index in [9.17, 15) is 44.3 Å². The zero-order valence-corrected chi connectivity index (χ0v) is 20.9. The number of aromatic nitrogens is 3. The molecule has 3 N–H and O–H groups in total. The van der Waals surface area contributed by atoms with Crippen molar-refractivity contribution in [1.82, 2.24) is 15.0 Å². The average molecular weight is 592 g/mol. The summed E-state index contributed by atoms with van der Waals surface area (Å²) in [7, 11) is -3.74. The van der Waals surface area contributed by atoms with Gasteiger partial charge in [0.05, 0.1) is 11.3 Å². The lowest BCUT2D eigenvalue weighted by atomic mass is 10.2. The molecule has 0 saturated carbocycles. The van der Waals surface area contributed by atoms with E-state index >= 15 is 0 Å². The van der Waals surface area contributed by atoms with Crippen LogP contribution in [0.1, 0.15) is 28.4 Å². The molecule has 0 fully saturated rings. The number of carbonyl (C=O) groups excluding carboxylic acids is 2. The summed E-state index contributed by atoms with van der Waals surface area (Å²) >= 11 is 0. The minimum absolute atomic E-state index is 0.0388. The standard InChI is InChI=1S/C22H18F6N6O5S/c1-2-40(37,38)34-16-13(6-4-8-29-16)10-30-17-15(21(23,24)25)11-31-20(33-17)32-14-7-3-5-12(9-14)18(35)39-19(36)22(26,27)28/h3-9,11H,2,10H2,1H3,(H,29,34)(H2,30,31,32,33). The Kier molecular flexibility index (Phi) is 8.81. The van der Waals surface area contributed by atoms with Gasteiger partial charge in [0.2, 0.25) is 16.0 Å². The first-order valence-electron chi connectivity index (χ1n) is 10.9. The number of nitrogens with zero attached hydrogens (tertiary/aromatic N) is 3. The Balaban J connectivity index is 1.85. The Bertz CT molecular complexity index is 1510. The minimum Gasteiger partial charge on any atom is -0.383 e. The Labute approximate surface area is 222 Å². The van der Waals surface area contributed by atoms with Crippen molar-refractivity contribution in [1.29, 1.82) is 0 Å². The maximum Gasteiger partial charge on any atom is 0.491 e. The number of benzene rings is 1. The van der Waals surface area contributed by atoms with Crippen LogP contribution in [0, 0.1) is 0 Å². The minimum atomic E-state index is -5.40. The molecule has 0 spiro atoms. The molecule has 11 nitrogen and oxygen atoms in total. The first-order valence-corrected chi connectivity index (χ1v) is 12.6. The molecule has 3 rings (SSSR count). The summed E-state index contributed by atoms with van der Waals surface area (Å²) in [6.45, 7) is 1.04. The molecule has 0 aliphatic carbocycles. The zero-order chi connectivity index (χ0) is 29.7. The van der Waals surface area contributed by atoms with Gasteiger partial charge in [-0.15, -0.1) is 0 Å². The summed E-state index contributed by atoms with van der Waals surface area (Å²) < 4.78 is 108. The largest absolute Gasteiger partial charge is 0.491 e. The molecular weight excluding hydrogens is 574 g/mol. The van der Waals surface area contributed by atoms with Crippen molar-refractivity contribution < 1.29 is 49.1 Å². The van der Waals surface area contributed by atoms with Crippen LogP contribution in [-0.4, -0.2) is 47.2 Å². The molecule has 0 radical (unpaired) electrons. The Hall–Kier alpha value is -4.48. The van der Waals surface area contributed by atoms with E-state index in [0.29, 0.717) is 6.20 Å². The molecule has 214 valence electrons. The third-order valence-electron chi connectivity index (χ3n) is 4.84. The van der Waals surface area contributed by atoms with Crippen molar-refractivity contribution in [3.05, 3.63) is 65.5 Å². The maximum atomic E-state index is 13.6. The van der Waals surface area contributed by atoms with Crippen LogP contribution in [0.15, 0.2) is 48.8 Å². The fourth-order valence-electron chi connectivity index (χ4n) is 2.91. The average Bonchev–Trinajstić information content (AvgIpc) is 2.87. The monoisotopic (exact) mass is 592 g/mol. The van der Waals surface area contributed by atoms with Gasteiger partial charge in [0.15, 0.2) is 0 Å². The van der Waals surface area contributed by atoms with Crippen LogP contribution in [-0.2, 0) is 32.3 Å². The second kappa shape index (κ2) is 11.7. The zero-order valence-electron chi connectivity index (χ0n) is 20.1. The van der Waals surface area contributed by atoms with Crippen LogP contribution in [0.5, 0.6) is 0 Å². The third-order valence-corrected chi connectivity index (χ3v) is 6.10. The molecule has 1 aromatic carbocycles. The normalized spacial score (nSPS) is 12.0. The number of sulfonamides is 1. The number of pyridine rings is 1. The van der Waals surface area contributed by atoms with Crippen molar-refractivity contribution in [2.45, 2.75) is 25.8 Å². The molecule has 2 heterocycles. The lowest BCUT2D eigenvalue weighted by molar-refractivity contribution is -0.193. The van der Waals surface area contributed by atoms with Gasteiger partial charge in [-0.2, -0.15) is 31.3 Å². The number of hydrogen-bond donors (Lipinski definition) is 3. The van der Waals surface area contributed by atoms with E-state index in [1.54, 1.807) is 0 Å². The van der Waals surface area contributed by atoms with Crippen LogP contribution in [0.4, 0.5) is 49.6 Å². The fraction of sp³-hybridized carbons (Fsp3) is 0.227. The van der Waals surface area contributed by atoms with Gasteiger partial charge in [0.25, 0.3) is 0 Å². The number of ether oxygens (including phenoxy) is 1. The Morgan fingerprint density at radius 3 is 2.38 bits per heavy atom. The van der Waals surface area contributed by atoms with Crippen molar-refractivity contribution in [2.75, 3.05) is 21.1 Å². The molecule has 18 heteroatoms. The second-order valence-electron chi connectivity index (χ2n) is 7.70. The predicted octanol–water partition coefficient (Wildman–Crippen LogP) is 4.25. The summed E-state index contributed by atoms with van der Waals surface area (Å²) in [6.07, 6.45) is -8.55. The highest BCUT2D eigenvalue weighted by Crippen LogP contribution is 2.34. The summed E-state index contributed by atoms with van der Waals surface area (Å²) in [6, 6.07) is 7.35. The Morgan fingerprint density at radius 2 is 1.73 bits per heavy atom. The number of rotatable bonds is 9. The van der Waals surface area contributed by atoms with Crippen molar-refractivity contribution in [3.8, 4) is 0 Å². The Morgan fingerprint density at radius 1 is 1.00 bits per heavy atom. The first-order chi connectivity index (χ1) is 18.6. The lowest BCUT2D eigenvalue weighted by Gasteiger charge is -2.16.